The van der Waals surface area contributed by atoms with Crippen LogP contribution in [0.15, 0.2) is 40.9 Å². The maximum atomic E-state index is 10.9. The summed E-state index contributed by atoms with van der Waals surface area (Å²) in [5, 5.41) is 14.2. The van der Waals surface area contributed by atoms with E-state index in [2.05, 4.69) is 21.2 Å². The topological polar surface area (TPSA) is 64.4 Å². The van der Waals surface area contributed by atoms with Crippen molar-refractivity contribution in [2.75, 3.05) is 12.4 Å². The Hall–Kier alpha value is -1.79. The zero-order valence-electron chi connectivity index (χ0n) is 10.4. The Morgan fingerprint density at radius 1 is 1.30 bits per heavy atom. The van der Waals surface area contributed by atoms with Crippen LogP contribution in [0, 0.1) is 10.1 Å². The van der Waals surface area contributed by atoms with E-state index in [1.54, 1.807) is 31.3 Å². The van der Waals surface area contributed by atoms with Gasteiger partial charge in [0.25, 0.3) is 5.69 Å². The lowest BCUT2D eigenvalue weighted by molar-refractivity contribution is -0.384. The highest BCUT2D eigenvalue weighted by Gasteiger charge is 2.12. The molecule has 2 aromatic carbocycles. The normalized spacial score (nSPS) is 10.2. The van der Waals surface area contributed by atoms with Gasteiger partial charge in [0, 0.05) is 29.3 Å². The van der Waals surface area contributed by atoms with E-state index in [-0.39, 0.29) is 5.69 Å². The Morgan fingerprint density at radius 3 is 2.70 bits per heavy atom. The molecule has 0 aliphatic rings. The van der Waals surface area contributed by atoms with Crippen LogP contribution in [0.1, 0.15) is 0 Å². The van der Waals surface area contributed by atoms with Gasteiger partial charge in [-0.25, -0.2) is 0 Å². The van der Waals surface area contributed by atoms with Crippen LogP contribution in [-0.4, -0.2) is 12.0 Å². The van der Waals surface area contributed by atoms with Gasteiger partial charge >= 0.3 is 0 Å². The highest BCUT2D eigenvalue weighted by atomic mass is 79.9. The molecule has 1 N–H and O–H groups in total. The van der Waals surface area contributed by atoms with Gasteiger partial charge in [-0.3, -0.25) is 10.1 Å². The van der Waals surface area contributed by atoms with Gasteiger partial charge in [-0.15, -0.1) is 0 Å². The van der Waals surface area contributed by atoms with E-state index in [4.69, 9.17) is 16.3 Å². The third-order valence-electron chi connectivity index (χ3n) is 2.51. The van der Waals surface area contributed by atoms with Crippen molar-refractivity contribution in [3.05, 3.63) is 56.0 Å². The van der Waals surface area contributed by atoms with Crippen molar-refractivity contribution in [2.45, 2.75) is 0 Å². The molecule has 0 radical (unpaired) electrons. The number of anilines is 1. The Balaban J connectivity index is 2.39. The van der Waals surface area contributed by atoms with Crippen molar-refractivity contribution < 1.29 is 9.66 Å². The Labute approximate surface area is 128 Å². The van der Waals surface area contributed by atoms with E-state index in [1.165, 1.54) is 12.1 Å². The van der Waals surface area contributed by atoms with Crippen molar-refractivity contribution in [2.24, 2.45) is 0 Å². The molecule has 0 amide bonds. The fourth-order valence-electron chi connectivity index (χ4n) is 1.57. The first kappa shape index (κ1) is 14.6. The van der Waals surface area contributed by atoms with E-state index in [0.717, 1.165) is 4.47 Å². The van der Waals surface area contributed by atoms with Gasteiger partial charge in [0.15, 0.2) is 0 Å². The quantitative estimate of drug-likeness (QED) is 0.628. The monoisotopic (exact) mass is 356 g/mol. The molecule has 2 aromatic rings. The molecule has 0 aromatic heterocycles. The van der Waals surface area contributed by atoms with Crippen LogP contribution in [0.4, 0.5) is 11.4 Å². The minimum Gasteiger partial charge on any atom is -0.455 e. The summed E-state index contributed by atoms with van der Waals surface area (Å²) in [6, 6.07) is 9.58. The van der Waals surface area contributed by atoms with Crippen molar-refractivity contribution in [1.82, 2.24) is 0 Å². The van der Waals surface area contributed by atoms with Gasteiger partial charge in [0.05, 0.1) is 16.0 Å². The molecule has 0 heterocycles. The minimum atomic E-state index is -0.476. The van der Waals surface area contributed by atoms with Crippen molar-refractivity contribution >= 4 is 38.9 Å². The number of nitrogens with one attached hydrogen (secondary N) is 1. The molecule has 0 aliphatic heterocycles. The molecular weight excluding hydrogens is 348 g/mol. The molecule has 0 saturated carbocycles. The summed E-state index contributed by atoms with van der Waals surface area (Å²) in [5.41, 5.74) is 0.526. The number of benzene rings is 2. The van der Waals surface area contributed by atoms with Crippen LogP contribution in [0.3, 0.4) is 0 Å². The number of nitro groups is 1. The van der Waals surface area contributed by atoms with Crippen LogP contribution >= 0.6 is 27.5 Å². The first-order valence-corrected chi connectivity index (χ1v) is 6.77. The lowest BCUT2D eigenvalue weighted by Gasteiger charge is -2.09. The predicted molar refractivity (Wildman–Crippen MR) is 81.9 cm³/mol. The summed E-state index contributed by atoms with van der Waals surface area (Å²) >= 11 is 9.34. The van der Waals surface area contributed by atoms with Crippen LogP contribution < -0.4 is 10.1 Å². The van der Waals surface area contributed by atoms with Crippen LogP contribution in [0.5, 0.6) is 11.5 Å². The van der Waals surface area contributed by atoms with Crippen LogP contribution in [0.25, 0.3) is 0 Å². The molecule has 0 unspecified atom stereocenters. The molecule has 20 heavy (non-hydrogen) atoms. The number of nitrogens with zero attached hydrogens (tertiary/aromatic N) is 1. The fourth-order valence-corrected chi connectivity index (χ4v) is 2.07. The molecular formula is C13H10BrClN2O3. The summed E-state index contributed by atoms with van der Waals surface area (Å²) in [6.07, 6.45) is 0. The average Bonchev–Trinajstić information content (AvgIpc) is 2.42. The van der Waals surface area contributed by atoms with Gasteiger partial charge in [0.2, 0.25) is 0 Å². The first-order chi connectivity index (χ1) is 9.49. The van der Waals surface area contributed by atoms with E-state index >= 15 is 0 Å². The van der Waals surface area contributed by atoms with Gasteiger partial charge in [-0.2, -0.15) is 0 Å². The molecule has 7 heteroatoms. The Bertz CT molecular complexity index is 664. The summed E-state index contributed by atoms with van der Waals surface area (Å²) < 4.78 is 6.42. The second kappa shape index (κ2) is 6.11. The fraction of sp³-hybridized carbons (Fsp3) is 0.0769. The molecule has 5 nitrogen and oxygen atoms in total. The molecule has 0 aliphatic carbocycles. The van der Waals surface area contributed by atoms with Crippen molar-refractivity contribution in [3.63, 3.8) is 0 Å². The third kappa shape index (κ3) is 3.40. The predicted octanol–water partition coefficient (Wildman–Crippen LogP) is 4.84. The largest absolute Gasteiger partial charge is 0.455 e. The maximum Gasteiger partial charge on any atom is 0.275 e. The number of non-ortho nitro benzene ring substituents is 1. The number of ether oxygens (including phenoxy) is 1. The zero-order valence-corrected chi connectivity index (χ0v) is 12.7. The molecule has 2 rings (SSSR count). The molecule has 104 valence electrons. The van der Waals surface area contributed by atoms with E-state index in [9.17, 15) is 10.1 Å². The Kier molecular flexibility index (Phi) is 4.46. The van der Waals surface area contributed by atoms with Gasteiger partial charge in [-0.05, 0) is 18.2 Å². The van der Waals surface area contributed by atoms with Crippen molar-refractivity contribution in [1.29, 1.82) is 0 Å². The second-order valence-corrected chi connectivity index (χ2v) is 5.22. The first-order valence-electron chi connectivity index (χ1n) is 5.60. The lowest BCUT2D eigenvalue weighted by atomic mass is 10.2. The molecule has 0 spiro atoms. The SMILES string of the molecule is CNc1cc(Oc2cc(Br)ccc2Cl)cc([N+](=O)[O-])c1. The summed E-state index contributed by atoms with van der Waals surface area (Å²) in [5.74, 6) is 0.757. The second-order valence-electron chi connectivity index (χ2n) is 3.90. The molecule has 0 saturated heterocycles. The lowest BCUT2D eigenvalue weighted by Crippen LogP contribution is -1.94. The molecule has 0 atom stereocenters. The number of nitro benzene ring substituents is 1. The highest BCUT2D eigenvalue weighted by Crippen LogP contribution is 2.34. The molecule has 0 bridgehead atoms. The number of hydrogen-bond acceptors (Lipinski definition) is 4. The Morgan fingerprint density at radius 2 is 2.05 bits per heavy atom. The number of halogens is 2. The number of hydrogen-bond donors (Lipinski definition) is 1. The van der Waals surface area contributed by atoms with Gasteiger partial charge < -0.3 is 10.1 Å². The summed E-state index contributed by atoms with van der Waals surface area (Å²) in [7, 11) is 1.68. The van der Waals surface area contributed by atoms with E-state index in [1.807, 2.05) is 0 Å². The van der Waals surface area contributed by atoms with E-state index < -0.39 is 4.92 Å². The third-order valence-corrected chi connectivity index (χ3v) is 3.32. The number of rotatable bonds is 4. The maximum absolute atomic E-state index is 10.9. The van der Waals surface area contributed by atoms with Crippen LogP contribution in [0.2, 0.25) is 5.02 Å². The van der Waals surface area contributed by atoms with Crippen LogP contribution in [-0.2, 0) is 0 Å². The summed E-state index contributed by atoms with van der Waals surface area (Å²) in [4.78, 5) is 10.4. The summed E-state index contributed by atoms with van der Waals surface area (Å²) in [6.45, 7) is 0. The standard InChI is InChI=1S/C13H10BrClN2O3/c1-16-9-5-10(17(18)19)7-11(6-9)20-13-4-8(14)2-3-12(13)15/h2-7,16H,1H3. The average molecular weight is 358 g/mol. The zero-order chi connectivity index (χ0) is 14.7. The van der Waals surface area contributed by atoms with Crippen molar-refractivity contribution in [3.8, 4) is 11.5 Å². The van der Waals surface area contributed by atoms with Gasteiger partial charge in [-0.1, -0.05) is 27.5 Å². The molecule has 0 fully saturated rings. The minimum absolute atomic E-state index is 0.0574. The van der Waals surface area contributed by atoms with E-state index in [0.29, 0.717) is 22.2 Å². The smallest absolute Gasteiger partial charge is 0.275 e. The highest BCUT2D eigenvalue weighted by molar-refractivity contribution is 9.10. The van der Waals surface area contributed by atoms with Gasteiger partial charge in [0.1, 0.15) is 11.5 Å².